The van der Waals surface area contributed by atoms with Gasteiger partial charge in [-0.15, -0.1) is 0 Å². The van der Waals surface area contributed by atoms with E-state index in [-0.39, 0.29) is 10.6 Å². The minimum absolute atomic E-state index is 0.255. The highest BCUT2D eigenvalue weighted by molar-refractivity contribution is 6.31. The lowest BCUT2D eigenvalue weighted by Crippen LogP contribution is -2.08. The lowest BCUT2D eigenvalue weighted by molar-refractivity contribution is 0.492. The highest BCUT2D eigenvalue weighted by Crippen LogP contribution is 2.37. The fraction of sp³-hybridized carbons (Fsp3) is 0.333. The molecule has 1 atom stereocenters. The number of hydrogen-bond donors (Lipinski definition) is 1. The van der Waals surface area contributed by atoms with Crippen LogP contribution in [0.4, 0.5) is 8.78 Å². The summed E-state index contributed by atoms with van der Waals surface area (Å²) in [5.41, 5.74) is 6.53. The van der Waals surface area contributed by atoms with Crippen LogP contribution in [0.1, 0.15) is 23.6 Å². The number of benzene rings is 1. The normalized spacial score (nSPS) is 20.5. The molecule has 0 fully saturated rings. The highest BCUT2D eigenvalue weighted by atomic mass is 35.5. The van der Waals surface area contributed by atoms with E-state index in [1.54, 1.807) is 0 Å². The Hall–Kier alpha value is -0.670. The van der Waals surface area contributed by atoms with Gasteiger partial charge in [-0.2, -0.15) is 0 Å². The molecule has 0 aliphatic heterocycles. The van der Waals surface area contributed by atoms with Gasteiger partial charge in [0.25, 0.3) is 0 Å². The topological polar surface area (TPSA) is 26.0 Å². The Labute approximate surface area is 79.5 Å². The van der Waals surface area contributed by atoms with Gasteiger partial charge in [-0.25, -0.2) is 8.78 Å². The average Bonchev–Trinajstić information content (AvgIpc) is 2.44. The second-order valence-electron chi connectivity index (χ2n) is 3.19. The third kappa shape index (κ3) is 1.23. The molecule has 0 radical (unpaired) electrons. The van der Waals surface area contributed by atoms with Gasteiger partial charge in [0.1, 0.15) is 0 Å². The Balaban J connectivity index is 2.70. The first-order valence-electron chi connectivity index (χ1n) is 4.03. The van der Waals surface area contributed by atoms with Crippen molar-refractivity contribution >= 4 is 11.6 Å². The van der Waals surface area contributed by atoms with Gasteiger partial charge < -0.3 is 5.73 Å². The molecule has 0 saturated carbocycles. The third-order valence-electron chi connectivity index (χ3n) is 2.39. The van der Waals surface area contributed by atoms with Crippen LogP contribution in [0.15, 0.2) is 6.07 Å². The van der Waals surface area contributed by atoms with Crippen LogP contribution >= 0.6 is 11.6 Å². The predicted molar refractivity (Wildman–Crippen MR) is 46.6 cm³/mol. The number of fused-ring (bicyclic) bond motifs is 1. The molecule has 0 saturated heterocycles. The van der Waals surface area contributed by atoms with Crippen LogP contribution < -0.4 is 5.73 Å². The molecule has 0 spiro atoms. The summed E-state index contributed by atoms with van der Waals surface area (Å²) in [5, 5.41) is 0.279. The Morgan fingerprint density at radius 2 is 2.15 bits per heavy atom. The molecular weight excluding hydrogens is 196 g/mol. The number of hydrogen-bond acceptors (Lipinski definition) is 1. The van der Waals surface area contributed by atoms with E-state index >= 15 is 0 Å². The quantitative estimate of drug-likeness (QED) is 0.645. The van der Waals surface area contributed by atoms with Gasteiger partial charge in [0, 0.05) is 16.6 Å². The zero-order valence-electron chi connectivity index (χ0n) is 6.78. The van der Waals surface area contributed by atoms with E-state index in [0.717, 1.165) is 6.07 Å². The average molecular weight is 204 g/mol. The van der Waals surface area contributed by atoms with Crippen molar-refractivity contribution in [3.63, 3.8) is 0 Å². The maximum absolute atomic E-state index is 13.2. The first kappa shape index (κ1) is 8.91. The summed E-state index contributed by atoms with van der Waals surface area (Å²) in [7, 11) is 0. The van der Waals surface area contributed by atoms with E-state index in [4.69, 9.17) is 17.3 Å². The monoisotopic (exact) mass is 203 g/mol. The van der Waals surface area contributed by atoms with Crippen molar-refractivity contribution in [1.82, 2.24) is 0 Å². The van der Waals surface area contributed by atoms with E-state index in [9.17, 15) is 8.78 Å². The Bertz CT molecular complexity index is 365. The molecule has 0 heterocycles. The first-order valence-corrected chi connectivity index (χ1v) is 4.41. The van der Waals surface area contributed by atoms with Gasteiger partial charge in [-0.1, -0.05) is 11.6 Å². The smallest absolute Gasteiger partial charge is 0.163 e. The molecule has 1 aromatic carbocycles. The summed E-state index contributed by atoms with van der Waals surface area (Å²) in [6.45, 7) is 0. The molecule has 2 N–H and O–H groups in total. The van der Waals surface area contributed by atoms with Crippen LogP contribution in [0.5, 0.6) is 0 Å². The standard InChI is InChI=1S/C9H8ClF2N/c10-5-3-6(11)9(12)8-4(5)1-2-7(8)13/h3,7H,1-2,13H2/t7-/m1/s1. The summed E-state index contributed by atoms with van der Waals surface area (Å²) in [6, 6.07) is 0.594. The molecule has 0 aromatic heterocycles. The van der Waals surface area contributed by atoms with Crippen molar-refractivity contribution in [2.45, 2.75) is 18.9 Å². The van der Waals surface area contributed by atoms with Gasteiger partial charge in [-0.05, 0) is 24.5 Å². The van der Waals surface area contributed by atoms with Crippen molar-refractivity contribution < 1.29 is 8.78 Å². The Kier molecular flexibility index (Phi) is 2.00. The highest BCUT2D eigenvalue weighted by Gasteiger charge is 2.27. The van der Waals surface area contributed by atoms with E-state index in [1.165, 1.54) is 0 Å². The van der Waals surface area contributed by atoms with Crippen molar-refractivity contribution in [3.8, 4) is 0 Å². The minimum Gasteiger partial charge on any atom is -0.324 e. The van der Waals surface area contributed by atoms with Gasteiger partial charge in [0.05, 0.1) is 0 Å². The number of nitrogens with two attached hydrogens (primary N) is 1. The number of halogens is 3. The zero-order chi connectivity index (χ0) is 9.59. The first-order chi connectivity index (χ1) is 6.11. The van der Waals surface area contributed by atoms with E-state index in [0.29, 0.717) is 18.4 Å². The fourth-order valence-electron chi connectivity index (χ4n) is 1.74. The summed E-state index contributed by atoms with van der Waals surface area (Å²) in [5.74, 6) is -1.76. The van der Waals surface area contributed by atoms with E-state index < -0.39 is 17.7 Å². The zero-order valence-corrected chi connectivity index (χ0v) is 7.54. The lowest BCUT2D eigenvalue weighted by atomic mass is 10.1. The molecule has 1 nitrogen and oxygen atoms in total. The Morgan fingerprint density at radius 1 is 1.46 bits per heavy atom. The second-order valence-corrected chi connectivity index (χ2v) is 3.60. The van der Waals surface area contributed by atoms with Crippen LogP contribution in [-0.2, 0) is 6.42 Å². The van der Waals surface area contributed by atoms with E-state index in [2.05, 4.69) is 0 Å². The fourth-order valence-corrected chi connectivity index (χ4v) is 2.03. The summed E-state index contributed by atoms with van der Waals surface area (Å²) < 4.78 is 26.1. The minimum atomic E-state index is -0.916. The molecule has 1 aromatic rings. The van der Waals surface area contributed by atoms with Crippen LogP contribution in [0.25, 0.3) is 0 Å². The lowest BCUT2D eigenvalue weighted by Gasteiger charge is -2.07. The second kappa shape index (κ2) is 2.93. The Morgan fingerprint density at radius 3 is 2.85 bits per heavy atom. The van der Waals surface area contributed by atoms with E-state index in [1.807, 2.05) is 0 Å². The third-order valence-corrected chi connectivity index (χ3v) is 2.73. The summed E-state index contributed by atoms with van der Waals surface area (Å²) in [4.78, 5) is 0. The summed E-state index contributed by atoms with van der Waals surface area (Å²) >= 11 is 5.75. The van der Waals surface area contributed by atoms with Gasteiger partial charge >= 0.3 is 0 Å². The molecular formula is C9H8ClF2N. The van der Waals surface area contributed by atoms with Gasteiger partial charge in [0.15, 0.2) is 11.6 Å². The maximum Gasteiger partial charge on any atom is 0.163 e. The largest absolute Gasteiger partial charge is 0.324 e. The van der Waals surface area contributed by atoms with Crippen LogP contribution in [0.3, 0.4) is 0 Å². The predicted octanol–water partition coefficient (Wildman–Crippen LogP) is 2.56. The molecule has 1 aliphatic rings. The van der Waals surface area contributed by atoms with Crippen molar-refractivity contribution in [3.05, 3.63) is 33.9 Å². The molecule has 13 heavy (non-hydrogen) atoms. The SMILES string of the molecule is N[C@@H]1CCc2c(Cl)cc(F)c(F)c21. The summed E-state index contributed by atoms with van der Waals surface area (Å²) in [6.07, 6.45) is 1.27. The van der Waals surface area contributed by atoms with Gasteiger partial charge in [-0.3, -0.25) is 0 Å². The van der Waals surface area contributed by atoms with Crippen molar-refractivity contribution in [2.24, 2.45) is 5.73 Å². The molecule has 1 aliphatic carbocycles. The van der Waals surface area contributed by atoms with Crippen molar-refractivity contribution in [2.75, 3.05) is 0 Å². The number of rotatable bonds is 0. The van der Waals surface area contributed by atoms with Crippen molar-refractivity contribution in [1.29, 1.82) is 0 Å². The molecule has 4 heteroatoms. The van der Waals surface area contributed by atoms with Crippen LogP contribution in [0, 0.1) is 11.6 Å². The van der Waals surface area contributed by atoms with Crippen LogP contribution in [-0.4, -0.2) is 0 Å². The van der Waals surface area contributed by atoms with Crippen LogP contribution in [0.2, 0.25) is 5.02 Å². The molecule has 0 amide bonds. The molecule has 2 rings (SSSR count). The molecule has 0 bridgehead atoms. The maximum atomic E-state index is 13.2. The van der Waals surface area contributed by atoms with Gasteiger partial charge in [0.2, 0.25) is 0 Å². The molecule has 70 valence electrons. The molecule has 0 unspecified atom stereocenters.